The van der Waals surface area contributed by atoms with Gasteiger partial charge in [0.1, 0.15) is 11.6 Å². The lowest BCUT2D eigenvalue weighted by atomic mass is 9.86. The van der Waals surface area contributed by atoms with Gasteiger partial charge in [-0.2, -0.15) is 0 Å². The number of nitrogens with one attached hydrogen (secondary N) is 1. The normalized spacial score (nSPS) is 23.7. The van der Waals surface area contributed by atoms with E-state index in [1.165, 1.54) is 0 Å². The number of piperazine rings is 1. The van der Waals surface area contributed by atoms with Crippen molar-refractivity contribution >= 4 is 11.8 Å². The van der Waals surface area contributed by atoms with E-state index in [1.807, 2.05) is 20.8 Å². The summed E-state index contributed by atoms with van der Waals surface area (Å²) >= 11 is 0. The van der Waals surface area contributed by atoms with Gasteiger partial charge >= 0.3 is 0 Å². The van der Waals surface area contributed by atoms with Crippen molar-refractivity contribution in [3.8, 4) is 12.3 Å². The Kier molecular flexibility index (Phi) is 4.99. The third-order valence-electron chi connectivity index (χ3n) is 4.23. The molecule has 1 heterocycles. The molecule has 0 aromatic heterocycles. The van der Waals surface area contributed by atoms with Crippen LogP contribution in [0.3, 0.4) is 0 Å². The maximum Gasteiger partial charge on any atom is 0.249 e. The van der Waals surface area contributed by atoms with Gasteiger partial charge in [-0.1, -0.05) is 20.8 Å². The van der Waals surface area contributed by atoms with E-state index in [0.717, 1.165) is 6.42 Å². The first-order chi connectivity index (χ1) is 8.97. The first-order valence-corrected chi connectivity index (χ1v) is 7.05. The van der Waals surface area contributed by atoms with Gasteiger partial charge < -0.3 is 10.2 Å². The largest absolute Gasteiger partial charge is 0.340 e. The summed E-state index contributed by atoms with van der Waals surface area (Å²) in [6.45, 7) is 7.62. The lowest BCUT2D eigenvalue weighted by Crippen LogP contribution is -2.71. The molecule has 0 aliphatic carbocycles. The van der Waals surface area contributed by atoms with Crippen molar-refractivity contribution in [2.24, 2.45) is 0 Å². The van der Waals surface area contributed by atoms with E-state index < -0.39 is 11.6 Å². The smallest absolute Gasteiger partial charge is 0.249 e. The van der Waals surface area contributed by atoms with Crippen LogP contribution in [0.1, 0.15) is 53.4 Å². The van der Waals surface area contributed by atoms with Gasteiger partial charge in [0.2, 0.25) is 11.8 Å². The molecule has 0 bridgehead atoms. The number of hydrogen-bond donors (Lipinski definition) is 1. The number of carbonyl (C=O) groups is 2. The molecule has 1 N–H and O–H groups in total. The molecule has 1 saturated heterocycles. The minimum absolute atomic E-state index is 0.00620. The first-order valence-electron chi connectivity index (χ1n) is 7.05. The third kappa shape index (κ3) is 2.60. The molecule has 0 spiro atoms. The first kappa shape index (κ1) is 15.6. The molecule has 0 aromatic rings. The zero-order valence-electron chi connectivity index (χ0n) is 12.3. The molecule has 0 saturated carbocycles. The fraction of sp³-hybridized carbons (Fsp3) is 0.733. The molecule has 106 valence electrons. The van der Waals surface area contributed by atoms with Gasteiger partial charge in [0, 0.05) is 12.5 Å². The van der Waals surface area contributed by atoms with Crippen LogP contribution in [0.5, 0.6) is 0 Å². The summed E-state index contributed by atoms with van der Waals surface area (Å²) in [6.07, 6.45) is 7.83. The second-order valence-electron chi connectivity index (χ2n) is 5.14. The van der Waals surface area contributed by atoms with E-state index in [4.69, 9.17) is 6.42 Å². The van der Waals surface area contributed by atoms with Gasteiger partial charge in [0.25, 0.3) is 0 Å². The highest BCUT2D eigenvalue weighted by Crippen LogP contribution is 2.28. The van der Waals surface area contributed by atoms with E-state index in [0.29, 0.717) is 19.3 Å². The Labute approximate surface area is 115 Å². The van der Waals surface area contributed by atoms with Crippen molar-refractivity contribution in [2.45, 2.75) is 71.0 Å². The van der Waals surface area contributed by atoms with Crippen LogP contribution >= 0.6 is 0 Å². The quantitative estimate of drug-likeness (QED) is 0.768. The lowest BCUT2D eigenvalue weighted by Gasteiger charge is -2.47. The van der Waals surface area contributed by atoms with Crippen molar-refractivity contribution in [2.75, 3.05) is 0 Å². The Morgan fingerprint density at radius 2 is 1.95 bits per heavy atom. The van der Waals surface area contributed by atoms with Crippen LogP contribution in [0.25, 0.3) is 0 Å². The van der Waals surface area contributed by atoms with Crippen molar-refractivity contribution in [3.63, 3.8) is 0 Å². The van der Waals surface area contributed by atoms with Crippen LogP contribution in [-0.2, 0) is 9.59 Å². The summed E-state index contributed by atoms with van der Waals surface area (Å²) in [5, 5.41) is 2.90. The number of amides is 2. The second-order valence-corrected chi connectivity index (χ2v) is 5.14. The number of carbonyl (C=O) groups excluding carboxylic acids is 2. The molecule has 1 aliphatic rings. The monoisotopic (exact) mass is 264 g/mol. The number of hydrogen-bond acceptors (Lipinski definition) is 2. The predicted molar refractivity (Wildman–Crippen MR) is 75.3 cm³/mol. The fourth-order valence-electron chi connectivity index (χ4n) is 2.73. The second kappa shape index (κ2) is 6.10. The van der Waals surface area contributed by atoms with Gasteiger partial charge in [0.05, 0.1) is 0 Å². The minimum Gasteiger partial charge on any atom is -0.340 e. The third-order valence-corrected chi connectivity index (χ3v) is 4.23. The average Bonchev–Trinajstić information content (AvgIpc) is 2.42. The van der Waals surface area contributed by atoms with Gasteiger partial charge in [-0.15, -0.1) is 12.3 Å². The summed E-state index contributed by atoms with van der Waals surface area (Å²) in [4.78, 5) is 26.6. The van der Waals surface area contributed by atoms with Crippen molar-refractivity contribution in [1.29, 1.82) is 0 Å². The Bertz CT molecular complexity index is 393. The van der Waals surface area contributed by atoms with Gasteiger partial charge in [-0.05, 0) is 26.2 Å². The highest BCUT2D eigenvalue weighted by molar-refractivity contribution is 5.99. The Morgan fingerprint density at radius 1 is 1.37 bits per heavy atom. The standard InChI is InChI=1S/C15H24N2O2/c1-6-10-12(7-2)17-11(5)13(18)16-15(8-3,9-4)14(17)19/h1,11-12H,7-10H2,2-5H3,(H,16,18). The summed E-state index contributed by atoms with van der Waals surface area (Å²) < 4.78 is 0. The van der Waals surface area contributed by atoms with Gasteiger partial charge in [-0.3, -0.25) is 9.59 Å². The van der Waals surface area contributed by atoms with Crippen molar-refractivity contribution < 1.29 is 9.59 Å². The van der Waals surface area contributed by atoms with Crippen LogP contribution in [0.15, 0.2) is 0 Å². The van der Waals surface area contributed by atoms with E-state index in [9.17, 15) is 9.59 Å². The van der Waals surface area contributed by atoms with E-state index in [-0.39, 0.29) is 17.9 Å². The minimum atomic E-state index is -0.758. The molecule has 2 atom stereocenters. The van der Waals surface area contributed by atoms with E-state index >= 15 is 0 Å². The number of rotatable bonds is 5. The van der Waals surface area contributed by atoms with Crippen molar-refractivity contribution in [1.82, 2.24) is 10.2 Å². The molecule has 4 heteroatoms. The summed E-state index contributed by atoms with van der Waals surface area (Å²) in [7, 11) is 0. The molecule has 1 fully saturated rings. The molecule has 0 radical (unpaired) electrons. The van der Waals surface area contributed by atoms with E-state index in [1.54, 1.807) is 11.8 Å². The van der Waals surface area contributed by atoms with Gasteiger partial charge in [-0.25, -0.2) is 0 Å². The molecule has 1 rings (SSSR count). The predicted octanol–water partition coefficient (Wildman–Crippen LogP) is 1.69. The molecular formula is C15H24N2O2. The SMILES string of the molecule is C#CCC(CC)N1C(=O)C(CC)(CC)NC(=O)C1C. The molecule has 1 aliphatic heterocycles. The number of terminal acetylenes is 1. The van der Waals surface area contributed by atoms with Crippen LogP contribution in [0.4, 0.5) is 0 Å². The average molecular weight is 264 g/mol. The Morgan fingerprint density at radius 3 is 2.37 bits per heavy atom. The Hall–Kier alpha value is -1.50. The molecule has 4 nitrogen and oxygen atoms in total. The molecule has 2 unspecified atom stereocenters. The topological polar surface area (TPSA) is 49.4 Å². The number of nitrogens with zero attached hydrogens (tertiary/aromatic N) is 1. The zero-order chi connectivity index (χ0) is 14.6. The van der Waals surface area contributed by atoms with Crippen LogP contribution in [0.2, 0.25) is 0 Å². The Balaban J connectivity index is 3.16. The van der Waals surface area contributed by atoms with Crippen LogP contribution in [0, 0.1) is 12.3 Å². The fourth-order valence-corrected chi connectivity index (χ4v) is 2.73. The van der Waals surface area contributed by atoms with Crippen molar-refractivity contribution in [3.05, 3.63) is 0 Å². The summed E-state index contributed by atoms with van der Waals surface area (Å²) in [5.41, 5.74) is -0.758. The molecular weight excluding hydrogens is 240 g/mol. The molecule has 19 heavy (non-hydrogen) atoms. The molecule has 0 aromatic carbocycles. The lowest BCUT2D eigenvalue weighted by molar-refractivity contribution is -0.157. The van der Waals surface area contributed by atoms with Gasteiger partial charge in [0.15, 0.2) is 0 Å². The maximum atomic E-state index is 12.8. The highest BCUT2D eigenvalue weighted by Gasteiger charge is 2.48. The van der Waals surface area contributed by atoms with Crippen LogP contribution < -0.4 is 5.32 Å². The highest BCUT2D eigenvalue weighted by atomic mass is 16.2. The zero-order valence-corrected chi connectivity index (χ0v) is 12.3. The summed E-state index contributed by atoms with van der Waals surface area (Å²) in [6, 6.07) is -0.506. The maximum absolute atomic E-state index is 12.8. The summed E-state index contributed by atoms with van der Waals surface area (Å²) in [5.74, 6) is 2.53. The molecule has 2 amide bonds. The van der Waals surface area contributed by atoms with E-state index in [2.05, 4.69) is 11.2 Å². The van der Waals surface area contributed by atoms with Crippen LogP contribution in [-0.4, -0.2) is 34.3 Å².